The van der Waals surface area contributed by atoms with E-state index < -0.39 is 0 Å². The van der Waals surface area contributed by atoms with E-state index in [1.54, 1.807) is 13.0 Å². The first-order valence-electron chi connectivity index (χ1n) is 7.05. The molecule has 0 aliphatic heterocycles. The zero-order valence-electron chi connectivity index (χ0n) is 12.7. The van der Waals surface area contributed by atoms with Crippen LogP contribution in [0.5, 0.6) is 0 Å². The van der Waals surface area contributed by atoms with Crippen LogP contribution in [0.25, 0.3) is 11.0 Å². The normalized spacial score (nSPS) is 20.5. The maximum Gasteiger partial charge on any atom is 0.178 e. The molecule has 0 unspecified atom stereocenters. The van der Waals surface area contributed by atoms with Gasteiger partial charge in [0.15, 0.2) is 4.77 Å². The minimum Gasteiger partial charge on any atom is -0.330 e. The molecule has 1 N–H and O–H groups in total. The van der Waals surface area contributed by atoms with Crippen LogP contribution in [0, 0.1) is 34.3 Å². The molecule has 0 atom stereocenters. The molecule has 1 heterocycles. The first-order chi connectivity index (χ1) is 9.16. The van der Waals surface area contributed by atoms with E-state index in [4.69, 9.17) is 12.2 Å². The van der Waals surface area contributed by atoms with Crippen LogP contribution in [0.15, 0.2) is 12.1 Å². The van der Waals surface area contributed by atoms with E-state index in [0.717, 1.165) is 17.6 Å². The number of rotatable bonds is 2. The van der Waals surface area contributed by atoms with Gasteiger partial charge in [0.05, 0.1) is 11.0 Å². The molecule has 0 radical (unpaired) electrons. The highest BCUT2D eigenvalue weighted by Crippen LogP contribution is 2.68. The molecule has 0 saturated heterocycles. The standard InChI is InChI=1S/C16H21FN2S/c1-9-6-12-11(7-10(9)17)18-14(20)19(12)8-13-15(2,3)16(13,4)5/h6-7,13H,8H2,1-5H3,(H,18,20). The number of imidazole rings is 1. The molecule has 0 amide bonds. The van der Waals surface area contributed by atoms with Gasteiger partial charge in [0.1, 0.15) is 5.82 Å². The van der Waals surface area contributed by atoms with Crippen LogP contribution in [0.1, 0.15) is 33.3 Å². The molecule has 0 bridgehead atoms. The Balaban J connectivity index is 2.07. The van der Waals surface area contributed by atoms with Crippen molar-refractivity contribution in [1.82, 2.24) is 9.55 Å². The Bertz CT molecular complexity index is 738. The van der Waals surface area contributed by atoms with Crippen molar-refractivity contribution in [3.8, 4) is 0 Å². The Morgan fingerprint density at radius 3 is 2.40 bits per heavy atom. The van der Waals surface area contributed by atoms with Gasteiger partial charge in [-0.05, 0) is 53.6 Å². The molecular formula is C16H21FN2S. The number of benzene rings is 1. The number of aromatic nitrogens is 2. The van der Waals surface area contributed by atoms with Crippen LogP contribution in [0.2, 0.25) is 0 Å². The minimum absolute atomic E-state index is 0.187. The molecule has 1 aromatic carbocycles. The second-order valence-corrected chi connectivity index (χ2v) is 7.54. The van der Waals surface area contributed by atoms with Gasteiger partial charge in [0, 0.05) is 6.54 Å². The summed E-state index contributed by atoms with van der Waals surface area (Å²) >= 11 is 5.42. The van der Waals surface area contributed by atoms with E-state index in [1.165, 1.54) is 0 Å². The summed E-state index contributed by atoms with van der Waals surface area (Å²) in [5.41, 5.74) is 3.09. The van der Waals surface area contributed by atoms with Gasteiger partial charge in [-0.2, -0.15) is 0 Å². The van der Waals surface area contributed by atoms with Gasteiger partial charge in [-0.1, -0.05) is 27.7 Å². The lowest BCUT2D eigenvalue weighted by Gasteiger charge is -2.07. The van der Waals surface area contributed by atoms with Crippen molar-refractivity contribution in [2.45, 2.75) is 41.2 Å². The minimum atomic E-state index is -0.187. The first kappa shape index (κ1) is 13.8. The Morgan fingerprint density at radius 1 is 1.25 bits per heavy atom. The van der Waals surface area contributed by atoms with Crippen molar-refractivity contribution in [2.75, 3.05) is 0 Å². The molecule has 2 aromatic rings. The SMILES string of the molecule is Cc1cc2c(cc1F)[nH]c(=S)n2CC1C(C)(C)C1(C)C. The Morgan fingerprint density at radius 2 is 1.85 bits per heavy atom. The predicted molar refractivity (Wildman–Crippen MR) is 82.9 cm³/mol. The number of aryl methyl sites for hydroxylation is 1. The van der Waals surface area contributed by atoms with Gasteiger partial charge in [0.2, 0.25) is 0 Å². The summed E-state index contributed by atoms with van der Waals surface area (Å²) in [5, 5.41) is 0. The zero-order valence-corrected chi connectivity index (χ0v) is 13.5. The summed E-state index contributed by atoms with van der Waals surface area (Å²) in [6.45, 7) is 11.9. The number of hydrogen-bond acceptors (Lipinski definition) is 1. The monoisotopic (exact) mass is 292 g/mol. The van der Waals surface area contributed by atoms with E-state index in [0.29, 0.717) is 27.1 Å². The van der Waals surface area contributed by atoms with Crippen LogP contribution in [-0.2, 0) is 6.54 Å². The highest BCUT2D eigenvalue weighted by molar-refractivity contribution is 7.71. The summed E-state index contributed by atoms with van der Waals surface area (Å²) in [4.78, 5) is 3.12. The van der Waals surface area contributed by atoms with Crippen molar-refractivity contribution in [3.63, 3.8) is 0 Å². The number of nitrogens with zero attached hydrogens (tertiary/aromatic N) is 1. The number of hydrogen-bond donors (Lipinski definition) is 1. The van der Waals surface area contributed by atoms with Crippen molar-refractivity contribution < 1.29 is 4.39 Å². The fraction of sp³-hybridized carbons (Fsp3) is 0.562. The number of halogens is 1. The van der Waals surface area contributed by atoms with Crippen molar-refractivity contribution in [1.29, 1.82) is 0 Å². The van der Waals surface area contributed by atoms with E-state index in [1.807, 2.05) is 6.07 Å². The lowest BCUT2D eigenvalue weighted by Crippen LogP contribution is -2.04. The molecule has 1 aromatic heterocycles. The van der Waals surface area contributed by atoms with Crippen molar-refractivity contribution in [2.24, 2.45) is 16.7 Å². The maximum atomic E-state index is 13.6. The summed E-state index contributed by atoms with van der Waals surface area (Å²) in [7, 11) is 0. The molecule has 0 spiro atoms. The van der Waals surface area contributed by atoms with Gasteiger partial charge in [0.25, 0.3) is 0 Å². The van der Waals surface area contributed by atoms with Gasteiger partial charge in [-0.15, -0.1) is 0 Å². The maximum absolute atomic E-state index is 13.6. The predicted octanol–water partition coefficient (Wildman–Crippen LogP) is 4.83. The average Bonchev–Trinajstić information content (AvgIpc) is 2.60. The molecule has 4 heteroatoms. The molecular weight excluding hydrogens is 271 g/mol. The molecule has 1 fully saturated rings. The third-order valence-electron chi connectivity index (χ3n) is 5.74. The number of fused-ring (bicyclic) bond motifs is 1. The van der Waals surface area contributed by atoms with Crippen LogP contribution in [0.3, 0.4) is 0 Å². The van der Waals surface area contributed by atoms with E-state index in [9.17, 15) is 4.39 Å². The smallest absolute Gasteiger partial charge is 0.178 e. The highest BCUT2D eigenvalue weighted by Gasteiger charge is 2.64. The lowest BCUT2D eigenvalue weighted by atomic mass is 10.0. The summed E-state index contributed by atoms with van der Waals surface area (Å²) in [6.07, 6.45) is 0. The van der Waals surface area contributed by atoms with Gasteiger partial charge in [-0.25, -0.2) is 4.39 Å². The van der Waals surface area contributed by atoms with E-state index in [2.05, 4.69) is 37.2 Å². The fourth-order valence-corrected chi connectivity index (χ4v) is 3.72. The number of H-pyrrole nitrogens is 1. The average molecular weight is 292 g/mol. The Labute approximate surface area is 124 Å². The Hall–Kier alpha value is -1.16. The molecule has 20 heavy (non-hydrogen) atoms. The molecule has 108 valence electrons. The van der Waals surface area contributed by atoms with Crippen molar-refractivity contribution >= 4 is 23.3 Å². The third kappa shape index (κ3) is 1.70. The lowest BCUT2D eigenvalue weighted by molar-refractivity contribution is 0.457. The summed E-state index contributed by atoms with van der Waals surface area (Å²) < 4.78 is 16.5. The van der Waals surface area contributed by atoms with Gasteiger partial charge in [-0.3, -0.25) is 0 Å². The molecule has 1 aliphatic carbocycles. The summed E-state index contributed by atoms with van der Waals surface area (Å²) in [5.74, 6) is 0.402. The highest BCUT2D eigenvalue weighted by atomic mass is 32.1. The molecule has 3 rings (SSSR count). The third-order valence-corrected chi connectivity index (χ3v) is 6.06. The van der Waals surface area contributed by atoms with Crippen LogP contribution in [0.4, 0.5) is 4.39 Å². The second-order valence-electron chi connectivity index (χ2n) is 7.16. The van der Waals surface area contributed by atoms with Crippen LogP contribution < -0.4 is 0 Å². The largest absolute Gasteiger partial charge is 0.330 e. The summed E-state index contributed by atoms with van der Waals surface area (Å²) in [6, 6.07) is 3.43. The Kier molecular flexibility index (Phi) is 2.72. The fourth-order valence-electron chi connectivity index (χ4n) is 3.44. The topological polar surface area (TPSA) is 20.7 Å². The van der Waals surface area contributed by atoms with Gasteiger partial charge >= 0.3 is 0 Å². The molecule has 1 aliphatic rings. The number of nitrogens with one attached hydrogen (secondary N) is 1. The first-order valence-corrected chi connectivity index (χ1v) is 7.46. The van der Waals surface area contributed by atoms with E-state index in [-0.39, 0.29) is 5.82 Å². The van der Waals surface area contributed by atoms with Gasteiger partial charge < -0.3 is 9.55 Å². The van der Waals surface area contributed by atoms with E-state index >= 15 is 0 Å². The van der Waals surface area contributed by atoms with Crippen LogP contribution >= 0.6 is 12.2 Å². The quantitative estimate of drug-likeness (QED) is 0.786. The number of aromatic amines is 1. The molecule has 2 nitrogen and oxygen atoms in total. The van der Waals surface area contributed by atoms with Crippen LogP contribution in [-0.4, -0.2) is 9.55 Å². The van der Waals surface area contributed by atoms with Crippen molar-refractivity contribution in [3.05, 3.63) is 28.3 Å². The molecule has 1 saturated carbocycles. The zero-order chi connectivity index (χ0) is 14.9. The second kappa shape index (κ2) is 3.94.